The number of benzene rings is 1. The van der Waals surface area contributed by atoms with Crippen LogP contribution < -0.4 is 5.73 Å². The molecule has 0 bridgehead atoms. The Labute approximate surface area is 105 Å². The van der Waals surface area contributed by atoms with Gasteiger partial charge in [0.1, 0.15) is 0 Å². The molecule has 3 N–H and O–H groups in total. The average Bonchev–Trinajstić information content (AvgIpc) is 2.73. The smallest absolute Gasteiger partial charge is 0.216 e. The van der Waals surface area contributed by atoms with Crippen LogP contribution in [0.25, 0.3) is 0 Å². The third-order valence-corrected chi connectivity index (χ3v) is 3.50. The predicted octanol–water partition coefficient (Wildman–Crippen LogP) is 2.42. The molecule has 2 aromatic rings. The molecular formula is C12H16N4S. The van der Waals surface area contributed by atoms with Crippen molar-refractivity contribution in [3.05, 3.63) is 35.4 Å². The molecule has 17 heavy (non-hydrogen) atoms. The van der Waals surface area contributed by atoms with Crippen molar-refractivity contribution >= 4 is 17.7 Å². The number of thioether (sulfide) groups is 1. The summed E-state index contributed by atoms with van der Waals surface area (Å²) in [5, 5.41) is 7.34. The Hall–Kier alpha value is -1.49. The molecule has 5 heteroatoms. The third-order valence-electron chi connectivity index (χ3n) is 2.57. The van der Waals surface area contributed by atoms with E-state index in [1.54, 1.807) is 11.8 Å². The van der Waals surface area contributed by atoms with Crippen LogP contribution in [0.15, 0.2) is 29.4 Å². The first kappa shape index (κ1) is 12.0. The lowest BCUT2D eigenvalue weighted by atomic mass is 10.1. The molecular weight excluding hydrogens is 232 g/mol. The van der Waals surface area contributed by atoms with Gasteiger partial charge in [-0.05, 0) is 30.9 Å². The fourth-order valence-electron chi connectivity index (χ4n) is 1.64. The predicted molar refractivity (Wildman–Crippen MR) is 71.0 cm³/mol. The molecule has 2 rings (SSSR count). The zero-order valence-electron chi connectivity index (χ0n) is 9.81. The number of hydrogen-bond donors (Lipinski definition) is 2. The summed E-state index contributed by atoms with van der Waals surface area (Å²) in [6, 6.07) is 8.50. The summed E-state index contributed by atoms with van der Waals surface area (Å²) >= 11 is 1.63. The van der Waals surface area contributed by atoms with Gasteiger partial charge in [0.2, 0.25) is 11.1 Å². The quantitative estimate of drug-likeness (QED) is 0.630. The van der Waals surface area contributed by atoms with Crippen molar-refractivity contribution in [2.75, 3.05) is 11.5 Å². The van der Waals surface area contributed by atoms with Crippen molar-refractivity contribution in [3.8, 4) is 0 Å². The molecule has 0 radical (unpaired) electrons. The number of aromatic amines is 1. The maximum Gasteiger partial charge on any atom is 0.216 e. The van der Waals surface area contributed by atoms with Gasteiger partial charge in [-0.3, -0.25) is 0 Å². The Balaban J connectivity index is 1.75. The SMILES string of the molecule is Cc1ccccc1CCCSc1n[nH]c(N)n1. The van der Waals surface area contributed by atoms with Crippen LogP contribution in [0.1, 0.15) is 17.5 Å². The number of aromatic nitrogens is 3. The topological polar surface area (TPSA) is 67.6 Å². The lowest BCUT2D eigenvalue weighted by Crippen LogP contribution is -1.91. The number of nitrogens with two attached hydrogens (primary N) is 1. The van der Waals surface area contributed by atoms with Crippen molar-refractivity contribution < 1.29 is 0 Å². The number of aryl methyl sites for hydroxylation is 2. The first-order valence-corrected chi connectivity index (χ1v) is 6.59. The molecule has 0 saturated carbocycles. The van der Waals surface area contributed by atoms with Gasteiger partial charge >= 0.3 is 0 Å². The minimum absolute atomic E-state index is 0.381. The van der Waals surface area contributed by atoms with Crippen molar-refractivity contribution in [1.82, 2.24) is 15.2 Å². The van der Waals surface area contributed by atoms with Crippen LogP contribution in [-0.4, -0.2) is 20.9 Å². The second-order valence-corrected chi connectivity index (χ2v) is 4.94. The summed E-state index contributed by atoms with van der Waals surface area (Å²) in [5.41, 5.74) is 8.23. The van der Waals surface area contributed by atoms with E-state index < -0.39 is 0 Å². The summed E-state index contributed by atoms with van der Waals surface area (Å²) in [4.78, 5) is 4.05. The van der Waals surface area contributed by atoms with E-state index in [2.05, 4.69) is 46.4 Å². The second kappa shape index (κ2) is 5.72. The van der Waals surface area contributed by atoms with E-state index in [-0.39, 0.29) is 0 Å². The Morgan fingerprint density at radius 3 is 2.88 bits per heavy atom. The Bertz CT molecular complexity index is 481. The average molecular weight is 248 g/mol. The molecule has 1 heterocycles. The normalized spacial score (nSPS) is 10.6. The fraction of sp³-hybridized carbons (Fsp3) is 0.333. The van der Waals surface area contributed by atoms with Crippen LogP contribution in [0.3, 0.4) is 0 Å². The highest BCUT2D eigenvalue weighted by atomic mass is 32.2. The Morgan fingerprint density at radius 2 is 2.18 bits per heavy atom. The molecule has 0 saturated heterocycles. The van der Waals surface area contributed by atoms with Crippen LogP contribution in [0.5, 0.6) is 0 Å². The molecule has 0 unspecified atom stereocenters. The van der Waals surface area contributed by atoms with Gasteiger partial charge in [0.15, 0.2) is 0 Å². The first-order chi connectivity index (χ1) is 8.25. The third kappa shape index (κ3) is 3.49. The lowest BCUT2D eigenvalue weighted by molar-refractivity contribution is 0.913. The van der Waals surface area contributed by atoms with E-state index in [0.717, 1.165) is 23.8 Å². The Kier molecular flexibility index (Phi) is 4.03. The number of hydrogen-bond acceptors (Lipinski definition) is 4. The summed E-state index contributed by atoms with van der Waals surface area (Å²) in [5.74, 6) is 1.39. The van der Waals surface area contributed by atoms with Gasteiger partial charge < -0.3 is 5.73 Å². The van der Waals surface area contributed by atoms with Gasteiger partial charge in [0.25, 0.3) is 0 Å². The number of nitrogens with one attached hydrogen (secondary N) is 1. The van der Waals surface area contributed by atoms with Crippen LogP contribution >= 0.6 is 11.8 Å². The molecule has 0 aliphatic heterocycles. The zero-order valence-corrected chi connectivity index (χ0v) is 10.6. The molecule has 4 nitrogen and oxygen atoms in total. The summed E-state index contributed by atoms with van der Waals surface area (Å²) in [6.45, 7) is 2.15. The largest absolute Gasteiger partial charge is 0.368 e. The van der Waals surface area contributed by atoms with E-state index in [4.69, 9.17) is 5.73 Å². The van der Waals surface area contributed by atoms with Crippen molar-refractivity contribution in [2.45, 2.75) is 24.9 Å². The van der Waals surface area contributed by atoms with Crippen LogP contribution in [0, 0.1) is 6.92 Å². The van der Waals surface area contributed by atoms with Gasteiger partial charge in [0.05, 0.1) is 0 Å². The zero-order chi connectivity index (χ0) is 12.1. The maximum atomic E-state index is 5.45. The molecule has 0 amide bonds. The fourth-order valence-corrected chi connectivity index (χ4v) is 2.38. The first-order valence-electron chi connectivity index (χ1n) is 5.61. The molecule has 1 aromatic carbocycles. The molecule has 0 aliphatic carbocycles. The van der Waals surface area contributed by atoms with E-state index in [1.165, 1.54) is 11.1 Å². The highest BCUT2D eigenvalue weighted by Crippen LogP contribution is 2.16. The minimum Gasteiger partial charge on any atom is -0.368 e. The van der Waals surface area contributed by atoms with Crippen molar-refractivity contribution in [3.63, 3.8) is 0 Å². The number of H-pyrrole nitrogens is 1. The van der Waals surface area contributed by atoms with E-state index >= 15 is 0 Å². The van der Waals surface area contributed by atoms with E-state index in [9.17, 15) is 0 Å². The number of nitrogens with zero attached hydrogens (tertiary/aromatic N) is 2. The van der Waals surface area contributed by atoms with E-state index in [1.807, 2.05) is 0 Å². The summed E-state index contributed by atoms with van der Waals surface area (Å²) in [7, 11) is 0. The number of nitrogen functional groups attached to an aromatic ring is 1. The number of anilines is 1. The van der Waals surface area contributed by atoms with Gasteiger partial charge in [-0.1, -0.05) is 36.0 Å². The van der Waals surface area contributed by atoms with Crippen LogP contribution in [-0.2, 0) is 6.42 Å². The maximum absolute atomic E-state index is 5.45. The minimum atomic E-state index is 0.381. The second-order valence-electron chi connectivity index (χ2n) is 3.88. The molecule has 1 aromatic heterocycles. The Morgan fingerprint density at radius 1 is 1.35 bits per heavy atom. The van der Waals surface area contributed by atoms with Crippen LogP contribution in [0.4, 0.5) is 5.95 Å². The van der Waals surface area contributed by atoms with Crippen molar-refractivity contribution in [1.29, 1.82) is 0 Å². The van der Waals surface area contributed by atoms with Gasteiger partial charge in [-0.15, -0.1) is 5.10 Å². The van der Waals surface area contributed by atoms with Crippen LogP contribution in [0.2, 0.25) is 0 Å². The summed E-state index contributed by atoms with van der Waals surface area (Å²) < 4.78 is 0. The highest BCUT2D eigenvalue weighted by Gasteiger charge is 2.01. The standard InChI is InChI=1S/C12H16N4S/c1-9-5-2-3-6-10(9)7-4-8-17-12-14-11(13)15-16-12/h2-3,5-6H,4,7-8H2,1H3,(H3,13,14,15,16). The molecule has 0 atom stereocenters. The van der Waals surface area contributed by atoms with Gasteiger partial charge in [0, 0.05) is 5.75 Å². The summed E-state index contributed by atoms with van der Waals surface area (Å²) in [6.07, 6.45) is 2.21. The molecule has 0 spiro atoms. The highest BCUT2D eigenvalue weighted by molar-refractivity contribution is 7.99. The van der Waals surface area contributed by atoms with Gasteiger partial charge in [-0.25, -0.2) is 5.10 Å². The molecule has 90 valence electrons. The van der Waals surface area contributed by atoms with E-state index in [0.29, 0.717) is 5.95 Å². The van der Waals surface area contributed by atoms with Crippen molar-refractivity contribution in [2.24, 2.45) is 0 Å². The molecule has 0 aliphatic rings. The number of rotatable bonds is 5. The van der Waals surface area contributed by atoms with Gasteiger partial charge in [-0.2, -0.15) is 4.98 Å². The molecule has 0 fully saturated rings. The lowest BCUT2D eigenvalue weighted by Gasteiger charge is -2.03. The monoisotopic (exact) mass is 248 g/mol.